The summed E-state index contributed by atoms with van der Waals surface area (Å²) in [4.78, 5) is 34.5. The van der Waals surface area contributed by atoms with Gasteiger partial charge in [-0.15, -0.1) is 11.8 Å². The van der Waals surface area contributed by atoms with Crippen molar-refractivity contribution in [1.82, 2.24) is 14.9 Å². The molecule has 0 unspecified atom stereocenters. The van der Waals surface area contributed by atoms with Crippen LogP contribution in [0.4, 0.5) is 5.82 Å². The van der Waals surface area contributed by atoms with Gasteiger partial charge in [-0.1, -0.05) is 30.3 Å². The molecule has 0 saturated carbocycles. The van der Waals surface area contributed by atoms with Crippen molar-refractivity contribution in [2.75, 3.05) is 18.6 Å². The largest absolute Gasteiger partial charge is 0.467 e. The average Bonchev–Trinajstić information content (AvgIpc) is 3.06. The van der Waals surface area contributed by atoms with Crippen molar-refractivity contribution >= 4 is 29.5 Å². The number of nitrogen functional groups attached to an aromatic ring is 1. The standard InChI is InChI=1S/C16H16N4O3S/c1-23-16(22)11-9-24-15(10-5-3-2-4-6-10)20(11)14(21)12-13(17)19-8-7-18-12/h2-8,11,15H,9H2,1H3,(H2,17,19)/t11-,15+/m0/s1. The van der Waals surface area contributed by atoms with Crippen LogP contribution in [-0.2, 0) is 9.53 Å². The first-order chi connectivity index (χ1) is 11.6. The van der Waals surface area contributed by atoms with E-state index >= 15 is 0 Å². The number of aromatic nitrogens is 2. The topological polar surface area (TPSA) is 98.4 Å². The van der Waals surface area contributed by atoms with Crippen molar-refractivity contribution in [3.63, 3.8) is 0 Å². The molecule has 1 aromatic carbocycles. The van der Waals surface area contributed by atoms with Gasteiger partial charge >= 0.3 is 5.97 Å². The summed E-state index contributed by atoms with van der Waals surface area (Å²) in [7, 11) is 1.31. The van der Waals surface area contributed by atoms with Crippen molar-refractivity contribution in [2.24, 2.45) is 0 Å². The van der Waals surface area contributed by atoms with Gasteiger partial charge in [0.05, 0.1) is 7.11 Å². The van der Waals surface area contributed by atoms with Crippen LogP contribution in [0.1, 0.15) is 21.4 Å². The van der Waals surface area contributed by atoms with Gasteiger partial charge in [-0.2, -0.15) is 0 Å². The molecular formula is C16H16N4O3S. The summed E-state index contributed by atoms with van der Waals surface area (Å²) >= 11 is 1.50. The Morgan fingerprint density at radius 2 is 1.96 bits per heavy atom. The lowest BCUT2D eigenvalue weighted by Gasteiger charge is -2.28. The van der Waals surface area contributed by atoms with Crippen LogP contribution in [-0.4, -0.2) is 45.6 Å². The molecule has 8 heteroatoms. The van der Waals surface area contributed by atoms with E-state index in [-0.39, 0.29) is 16.9 Å². The number of ether oxygens (including phenoxy) is 1. The van der Waals surface area contributed by atoms with Crippen molar-refractivity contribution in [1.29, 1.82) is 0 Å². The highest BCUT2D eigenvalue weighted by molar-refractivity contribution is 7.99. The predicted molar refractivity (Wildman–Crippen MR) is 90.1 cm³/mol. The summed E-state index contributed by atoms with van der Waals surface area (Å²) in [5, 5.41) is -0.316. The van der Waals surface area contributed by atoms with Crippen LogP contribution >= 0.6 is 11.8 Å². The van der Waals surface area contributed by atoms with E-state index < -0.39 is 17.9 Å². The minimum Gasteiger partial charge on any atom is -0.467 e. The zero-order valence-corrected chi connectivity index (χ0v) is 13.8. The number of rotatable bonds is 3. The lowest BCUT2D eigenvalue weighted by molar-refractivity contribution is -0.145. The fourth-order valence-corrected chi connectivity index (χ4v) is 4.00. The number of anilines is 1. The Labute approximate surface area is 143 Å². The third-order valence-corrected chi connectivity index (χ3v) is 5.05. The number of thioether (sulfide) groups is 1. The van der Waals surface area contributed by atoms with Crippen molar-refractivity contribution in [3.8, 4) is 0 Å². The Morgan fingerprint density at radius 3 is 2.62 bits per heavy atom. The second-order valence-corrected chi connectivity index (χ2v) is 6.25. The highest BCUT2D eigenvalue weighted by atomic mass is 32.2. The zero-order chi connectivity index (χ0) is 17.1. The quantitative estimate of drug-likeness (QED) is 0.842. The maximum absolute atomic E-state index is 13.0. The van der Waals surface area contributed by atoms with Gasteiger partial charge < -0.3 is 15.4 Å². The van der Waals surface area contributed by atoms with E-state index in [1.165, 1.54) is 36.2 Å². The monoisotopic (exact) mass is 344 g/mol. The first-order valence-corrected chi connectivity index (χ1v) is 8.32. The molecule has 2 aromatic rings. The number of nitrogens with zero attached hydrogens (tertiary/aromatic N) is 3. The van der Waals surface area contributed by atoms with Gasteiger partial charge in [0.15, 0.2) is 11.5 Å². The normalized spacial score (nSPS) is 20.0. The lowest BCUT2D eigenvalue weighted by Crippen LogP contribution is -2.44. The minimum atomic E-state index is -0.695. The highest BCUT2D eigenvalue weighted by Crippen LogP contribution is 2.42. The van der Waals surface area contributed by atoms with Gasteiger partial charge in [0.2, 0.25) is 0 Å². The van der Waals surface area contributed by atoms with Crippen LogP contribution in [0, 0.1) is 0 Å². The molecule has 1 fully saturated rings. The number of nitrogens with two attached hydrogens (primary N) is 1. The molecule has 1 aromatic heterocycles. The third-order valence-electron chi connectivity index (χ3n) is 3.72. The molecule has 24 heavy (non-hydrogen) atoms. The SMILES string of the molecule is COC(=O)[C@@H]1CS[C@H](c2ccccc2)N1C(=O)c1nccnc1N. The first-order valence-electron chi connectivity index (χ1n) is 7.27. The van der Waals surface area contributed by atoms with E-state index in [0.29, 0.717) is 5.75 Å². The summed E-state index contributed by atoms with van der Waals surface area (Å²) < 4.78 is 4.85. The van der Waals surface area contributed by atoms with Crippen LogP contribution in [0.25, 0.3) is 0 Å². The molecule has 1 saturated heterocycles. The smallest absolute Gasteiger partial charge is 0.329 e. The van der Waals surface area contributed by atoms with E-state index in [0.717, 1.165) is 5.56 Å². The van der Waals surface area contributed by atoms with Crippen molar-refractivity contribution in [2.45, 2.75) is 11.4 Å². The van der Waals surface area contributed by atoms with Crippen LogP contribution < -0.4 is 5.73 Å². The summed E-state index contributed by atoms with van der Waals surface area (Å²) in [5.74, 6) is -0.417. The van der Waals surface area contributed by atoms with Crippen molar-refractivity contribution < 1.29 is 14.3 Å². The highest BCUT2D eigenvalue weighted by Gasteiger charge is 2.44. The minimum absolute atomic E-state index is 0.0369. The molecule has 124 valence electrons. The summed E-state index contributed by atoms with van der Waals surface area (Å²) in [6.07, 6.45) is 2.81. The van der Waals surface area contributed by atoms with E-state index in [9.17, 15) is 9.59 Å². The summed E-state index contributed by atoms with van der Waals surface area (Å²) in [5.41, 5.74) is 6.74. The average molecular weight is 344 g/mol. The van der Waals surface area contributed by atoms with Gasteiger partial charge in [0, 0.05) is 18.1 Å². The van der Waals surface area contributed by atoms with Crippen LogP contribution in [0.2, 0.25) is 0 Å². The predicted octanol–water partition coefficient (Wildman–Crippen LogP) is 1.49. The molecule has 2 heterocycles. The first kappa shape index (κ1) is 16.3. The number of carbonyl (C=O) groups is 2. The van der Waals surface area contributed by atoms with E-state index in [1.54, 1.807) is 0 Å². The van der Waals surface area contributed by atoms with E-state index in [1.807, 2.05) is 30.3 Å². The van der Waals surface area contributed by atoms with Gasteiger partial charge in [-0.25, -0.2) is 14.8 Å². The molecule has 2 atom stereocenters. The molecule has 1 aliphatic heterocycles. The molecule has 0 bridgehead atoms. The summed E-state index contributed by atoms with van der Waals surface area (Å²) in [6, 6.07) is 8.81. The number of hydrogen-bond acceptors (Lipinski definition) is 7. The van der Waals surface area contributed by atoms with E-state index in [2.05, 4.69) is 9.97 Å². The Morgan fingerprint density at radius 1 is 1.25 bits per heavy atom. The second kappa shape index (κ2) is 6.88. The molecule has 7 nitrogen and oxygen atoms in total. The summed E-state index contributed by atoms with van der Waals surface area (Å²) in [6.45, 7) is 0. The van der Waals surface area contributed by atoms with E-state index in [4.69, 9.17) is 10.5 Å². The maximum Gasteiger partial charge on any atom is 0.329 e. The Hall–Kier alpha value is -2.61. The Balaban J connectivity index is 2.01. The molecular weight excluding hydrogens is 328 g/mol. The number of benzene rings is 1. The zero-order valence-electron chi connectivity index (χ0n) is 13.0. The lowest BCUT2D eigenvalue weighted by atomic mass is 10.1. The molecule has 0 aliphatic carbocycles. The third kappa shape index (κ3) is 2.92. The van der Waals surface area contributed by atoms with Crippen molar-refractivity contribution in [3.05, 3.63) is 54.0 Å². The maximum atomic E-state index is 13.0. The fourth-order valence-electron chi connectivity index (χ4n) is 2.58. The number of amides is 1. The Bertz CT molecular complexity index is 756. The fraction of sp³-hybridized carbons (Fsp3) is 0.250. The van der Waals surface area contributed by atoms with Gasteiger partial charge in [-0.3, -0.25) is 4.79 Å². The van der Waals surface area contributed by atoms with Gasteiger partial charge in [0.25, 0.3) is 5.91 Å². The Kier molecular flexibility index (Phi) is 4.66. The molecule has 1 amide bonds. The van der Waals surface area contributed by atoms with Gasteiger partial charge in [-0.05, 0) is 5.56 Å². The van der Waals surface area contributed by atoms with Gasteiger partial charge in [0.1, 0.15) is 11.4 Å². The molecule has 2 N–H and O–H groups in total. The van der Waals surface area contributed by atoms with Crippen LogP contribution in [0.3, 0.4) is 0 Å². The number of hydrogen-bond donors (Lipinski definition) is 1. The second-order valence-electron chi connectivity index (χ2n) is 5.14. The van der Waals surface area contributed by atoms with Crippen LogP contribution in [0.15, 0.2) is 42.7 Å². The van der Waals surface area contributed by atoms with Crippen LogP contribution in [0.5, 0.6) is 0 Å². The molecule has 0 spiro atoms. The molecule has 0 radical (unpaired) electrons. The number of methoxy groups -OCH3 is 1. The number of carbonyl (C=O) groups excluding carboxylic acids is 2. The molecule has 3 rings (SSSR count). The molecule has 1 aliphatic rings. The number of esters is 1.